The largest absolute Gasteiger partial charge is 0.504 e. The summed E-state index contributed by atoms with van der Waals surface area (Å²) in [5, 5.41) is 8.48. The van der Waals surface area contributed by atoms with E-state index in [1.165, 1.54) is 0 Å². The average molecular weight is 223 g/mol. The highest BCUT2D eigenvalue weighted by molar-refractivity contribution is 6.31. The molecule has 76 valence electrons. The first-order chi connectivity index (χ1) is 6.43. The summed E-state index contributed by atoms with van der Waals surface area (Å²) < 4.78 is 24.5. The van der Waals surface area contributed by atoms with Crippen LogP contribution in [0.2, 0.25) is 5.15 Å². The summed E-state index contributed by atoms with van der Waals surface area (Å²) in [5.74, 6) is -1.83. The first kappa shape index (κ1) is 10.6. The Balaban J connectivity index is 3.35. The van der Waals surface area contributed by atoms with E-state index in [1.807, 2.05) is 0 Å². The van der Waals surface area contributed by atoms with Crippen molar-refractivity contribution in [1.29, 1.82) is 0 Å². The van der Waals surface area contributed by atoms with Crippen LogP contribution in [0.1, 0.15) is 22.5 Å². The van der Waals surface area contributed by atoms with Gasteiger partial charge in [-0.25, -0.2) is 13.8 Å². The molecule has 0 saturated carbocycles. The number of hydrogen-bond acceptors (Lipinski definition) is 3. The summed E-state index contributed by atoms with van der Waals surface area (Å²) in [4.78, 5) is 13.9. The lowest BCUT2D eigenvalue weighted by atomic mass is 10.2. The fourth-order valence-corrected chi connectivity index (χ4v) is 1.02. The van der Waals surface area contributed by atoms with Crippen LogP contribution in [0.5, 0.6) is 5.75 Å². The molecule has 1 heterocycles. The third-order valence-corrected chi connectivity index (χ3v) is 1.73. The van der Waals surface area contributed by atoms with Crippen molar-refractivity contribution in [3.05, 3.63) is 22.5 Å². The first-order valence-electron chi connectivity index (χ1n) is 3.41. The Morgan fingerprint density at radius 3 is 2.64 bits per heavy atom. The molecule has 14 heavy (non-hydrogen) atoms. The third-order valence-electron chi connectivity index (χ3n) is 1.47. The Kier molecular flexibility index (Phi) is 2.85. The number of alkyl halides is 2. The van der Waals surface area contributed by atoms with Gasteiger partial charge in [-0.3, -0.25) is 4.79 Å². The molecule has 0 aliphatic rings. The minimum atomic E-state index is -2.95. The molecular weight excluding hydrogens is 218 g/mol. The van der Waals surface area contributed by atoms with Crippen LogP contribution in [0.3, 0.4) is 0 Å². The highest BCUT2D eigenvalue weighted by Crippen LogP contribution is 2.33. The SMILES string of the molecule is NC(=O)c1cc(C(F)F)c(O)c(Cl)n1. The van der Waals surface area contributed by atoms with Gasteiger partial charge in [0.15, 0.2) is 10.9 Å². The molecule has 0 spiro atoms. The Hall–Kier alpha value is -1.43. The number of nitrogens with zero attached hydrogens (tertiary/aromatic N) is 1. The van der Waals surface area contributed by atoms with Crippen molar-refractivity contribution in [2.75, 3.05) is 0 Å². The molecule has 1 rings (SSSR count). The van der Waals surface area contributed by atoms with Gasteiger partial charge in [0.25, 0.3) is 12.3 Å². The molecule has 0 bridgehead atoms. The van der Waals surface area contributed by atoms with Gasteiger partial charge in [0.1, 0.15) is 5.69 Å². The van der Waals surface area contributed by atoms with Crippen molar-refractivity contribution in [2.45, 2.75) is 6.43 Å². The second-order valence-corrected chi connectivity index (χ2v) is 2.76. The van der Waals surface area contributed by atoms with Gasteiger partial charge in [-0.1, -0.05) is 11.6 Å². The van der Waals surface area contributed by atoms with Crippen molar-refractivity contribution >= 4 is 17.5 Å². The van der Waals surface area contributed by atoms with Gasteiger partial charge in [0.05, 0.1) is 5.56 Å². The summed E-state index contributed by atoms with van der Waals surface area (Å²) in [7, 11) is 0. The second kappa shape index (κ2) is 3.75. The van der Waals surface area contributed by atoms with E-state index in [9.17, 15) is 13.6 Å². The van der Waals surface area contributed by atoms with E-state index in [2.05, 4.69) is 4.98 Å². The summed E-state index contributed by atoms with van der Waals surface area (Å²) >= 11 is 5.30. The van der Waals surface area contributed by atoms with Crippen LogP contribution in [-0.4, -0.2) is 16.0 Å². The molecule has 1 amide bonds. The molecule has 0 fully saturated rings. The van der Waals surface area contributed by atoms with E-state index >= 15 is 0 Å². The van der Waals surface area contributed by atoms with Gasteiger partial charge < -0.3 is 10.8 Å². The van der Waals surface area contributed by atoms with Crippen molar-refractivity contribution < 1.29 is 18.7 Å². The zero-order valence-electron chi connectivity index (χ0n) is 6.67. The van der Waals surface area contributed by atoms with Gasteiger partial charge in [0.2, 0.25) is 0 Å². The smallest absolute Gasteiger partial charge is 0.267 e. The van der Waals surface area contributed by atoms with Crippen molar-refractivity contribution in [3.8, 4) is 5.75 Å². The lowest BCUT2D eigenvalue weighted by Gasteiger charge is -2.05. The minimum Gasteiger partial charge on any atom is -0.504 e. The van der Waals surface area contributed by atoms with E-state index < -0.39 is 34.5 Å². The molecule has 0 atom stereocenters. The molecule has 0 saturated heterocycles. The number of nitrogens with two attached hydrogens (primary N) is 1. The number of halogens is 3. The van der Waals surface area contributed by atoms with Crippen LogP contribution >= 0.6 is 11.6 Å². The molecule has 0 aromatic carbocycles. The Morgan fingerprint density at radius 2 is 2.21 bits per heavy atom. The predicted octanol–water partition coefficient (Wildman–Crippen LogP) is 1.48. The Labute approximate surface area is 82.3 Å². The summed E-state index contributed by atoms with van der Waals surface area (Å²) in [6.07, 6.45) is -2.95. The Morgan fingerprint density at radius 1 is 1.64 bits per heavy atom. The maximum absolute atomic E-state index is 12.3. The molecule has 3 N–H and O–H groups in total. The van der Waals surface area contributed by atoms with Crippen LogP contribution in [0.15, 0.2) is 6.07 Å². The molecule has 1 aromatic rings. The number of aromatic hydroxyl groups is 1. The van der Waals surface area contributed by atoms with Crippen LogP contribution in [0, 0.1) is 0 Å². The first-order valence-corrected chi connectivity index (χ1v) is 3.78. The summed E-state index contributed by atoms with van der Waals surface area (Å²) in [5.41, 5.74) is 3.64. The lowest BCUT2D eigenvalue weighted by Crippen LogP contribution is -2.13. The third kappa shape index (κ3) is 1.90. The predicted molar refractivity (Wildman–Crippen MR) is 44.4 cm³/mol. The van der Waals surface area contributed by atoms with E-state index in [1.54, 1.807) is 0 Å². The molecule has 0 radical (unpaired) electrons. The standard InChI is InChI=1S/C7H5ClF2N2O2/c8-5-4(13)2(6(9)10)1-3(12-5)7(11)14/h1,6,13H,(H2,11,14). The lowest BCUT2D eigenvalue weighted by molar-refractivity contribution is 0.0994. The maximum atomic E-state index is 12.3. The van der Waals surface area contributed by atoms with Crippen LogP contribution in [0.25, 0.3) is 0 Å². The number of amides is 1. The van der Waals surface area contributed by atoms with E-state index in [0.29, 0.717) is 6.07 Å². The van der Waals surface area contributed by atoms with Crippen LogP contribution in [-0.2, 0) is 0 Å². The molecular formula is C7H5ClF2N2O2. The minimum absolute atomic E-state index is 0.414. The zero-order valence-corrected chi connectivity index (χ0v) is 7.42. The van der Waals surface area contributed by atoms with Crippen molar-refractivity contribution in [3.63, 3.8) is 0 Å². The number of carbonyl (C=O) groups excluding carboxylic acids is 1. The molecule has 0 aliphatic carbocycles. The molecule has 4 nitrogen and oxygen atoms in total. The van der Waals surface area contributed by atoms with E-state index in [4.69, 9.17) is 22.4 Å². The summed E-state index contributed by atoms with van der Waals surface area (Å²) in [6.45, 7) is 0. The van der Waals surface area contributed by atoms with Gasteiger partial charge in [-0.15, -0.1) is 0 Å². The van der Waals surface area contributed by atoms with Gasteiger partial charge >= 0.3 is 0 Å². The number of primary amides is 1. The normalized spacial score (nSPS) is 10.6. The topological polar surface area (TPSA) is 76.2 Å². The highest BCUT2D eigenvalue weighted by Gasteiger charge is 2.19. The zero-order chi connectivity index (χ0) is 10.9. The fraction of sp³-hybridized carbons (Fsp3) is 0.143. The van der Waals surface area contributed by atoms with Crippen LogP contribution < -0.4 is 5.73 Å². The quantitative estimate of drug-likeness (QED) is 0.744. The maximum Gasteiger partial charge on any atom is 0.267 e. The molecule has 0 unspecified atom stereocenters. The van der Waals surface area contributed by atoms with E-state index in [0.717, 1.165) is 0 Å². The highest BCUT2D eigenvalue weighted by atomic mass is 35.5. The average Bonchev–Trinajstić information content (AvgIpc) is 2.08. The molecule has 1 aromatic heterocycles. The van der Waals surface area contributed by atoms with Gasteiger partial charge in [0, 0.05) is 0 Å². The van der Waals surface area contributed by atoms with Crippen LogP contribution in [0.4, 0.5) is 8.78 Å². The van der Waals surface area contributed by atoms with Gasteiger partial charge in [-0.05, 0) is 6.07 Å². The van der Waals surface area contributed by atoms with Crippen molar-refractivity contribution in [1.82, 2.24) is 4.98 Å². The second-order valence-electron chi connectivity index (χ2n) is 2.40. The molecule has 0 aliphatic heterocycles. The Bertz CT molecular complexity index is 384. The van der Waals surface area contributed by atoms with E-state index in [-0.39, 0.29) is 0 Å². The number of aromatic nitrogens is 1. The van der Waals surface area contributed by atoms with Gasteiger partial charge in [-0.2, -0.15) is 0 Å². The monoisotopic (exact) mass is 222 g/mol. The fourth-order valence-electron chi connectivity index (χ4n) is 0.818. The number of pyridine rings is 1. The number of carbonyl (C=O) groups is 1. The number of hydrogen-bond donors (Lipinski definition) is 2. The number of rotatable bonds is 2. The summed E-state index contributed by atoms with van der Waals surface area (Å²) in [6, 6.07) is 0.703. The van der Waals surface area contributed by atoms with Crippen molar-refractivity contribution in [2.24, 2.45) is 5.73 Å². The molecule has 7 heteroatoms.